The molecule has 0 bridgehead atoms. The summed E-state index contributed by atoms with van der Waals surface area (Å²) in [7, 11) is 0. The molecule has 0 aliphatic carbocycles. The number of nitrogens with zero attached hydrogens (tertiary/aromatic N) is 1. The summed E-state index contributed by atoms with van der Waals surface area (Å²) >= 11 is 3.35. The molecule has 4 nitrogen and oxygen atoms in total. The molecule has 0 aromatic carbocycles. The van der Waals surface area contributed by atoms with Crippen molar-refractivity contribution in [2.45, 2.75) is 50.9 Å². The van der Waals surface area contributed by atoms with Gasteiger partial charge in [-0.15, -0.1) is 0 Å². The molecule has 1 heterocycles. The average Bonchev–Trinajstić information content (AvgIpc) is 2.37. The number of likely N-dealkylation sites (tertiary alicyclic amines) is 1. The van der Waals surface area contributed by atoms with E-state index in [1.54, 1.807) is 0 Å². The number of nitrogens with one attached hydrogen (secondary N) is 1. The first-order valence-corrected chi connectivity index (χ1v) is 7.60. The Morgan fingerprint density at radius 1 is 1.33 bits per heavy atom. The second-order valence-electron chi connectivity index (χ2n) is 5.14. The Morgan fingerprint density at radius 3 is 2.33 bits per heavy atom. The van der Waals surface area contributed by atoms with Gasteiger partial charge in [0.25, 0.3) is 0 Å². The summed E-state index contributed by atoms with van der Waals surface area (Å²) in [6.45, 7) is 7.32. The Kier molecular flexibility index (Phi) is 6.12. The van der Waals surface area contributed by atoms with E-state index in [-0.39, 0.29) is 28.6 Å². The van der Waals surface area contributed by atoms with Gasteiger partial charge in [-0.1, -0.05) is 36.7 Å². The van der Waals surface area contributed by atoms with E-state index in [1.807, 2.05) is 25.7 Å². The molecule has 104 valence electrons. The van der Waals surface area contributed by atoms with Gasteiger partial charge in [-0.2, -0.15) is 0 Å². The van der Waals surface area contributed by atoms with Crippen LogP contribution in [0.3, 0.4) is 0 Å². The molecular formula is C13H23BrN2O2. The highest BCUT2D eigenvalue weighted by molar-refractivity contribution is 9.10. The van der Waals surface area contributed by atoms with Crippen molar-refractivity contribution in [3.8, 4) is 0 Å². The highest BCUT2D eigenvalue weighted by Crippen LogP contribution is 2.14. The van der Waals surface area contributed by atoms with E-state index in [0.29, 0.717) is 0 Å². The standard InChI is InChI=1S/C13H23BrN2O2/c1-4-11(14)12(17)15-10-5-7-16(8-6-10)13(18)9(2)3/h9-11H,4-8H2,1-3H3,(H,15,17). The molecule has 1 N–H and O–H groups in total. The minimum absolute atomic E-state index is 0.0585. The second kappa shape index (κ2) is 7.12. The number of hydrogen-bond donors (Lipinski definition) is 1. The summed E-state index contributed by atoms with van der Waals surface area (Å²) in [6, 6.07) is 0.209. The quantitative estimate of drug-likeness (QED) is 0.805. The van der Waals surface area contributed by atoms with Crippen LogP contribution in [-0.2, 0) is 9.59 Å². The lowest BCUT2D eigenvalue weighted by molar-refractivity contribution is -0.135. The number of carbonyl (C=O) groups is 2. The number of piperidine rings is 1. The maximum absolute atomic E-state index is 11.8. The van der Waals surface area contributed by atoms with Crippen LogP contribution >= 0.6 is 15.9 Å². The maximum Gasteiger partial charge on any atom is 0.233 e. The zero-order valence-corrected chi connectivity index (χ0v) is 13.0. The zero-order chi connectivity index (χ0) is 13.7. The van der Waals surface area contributed by atoms with E-state index in [0.717, 1.165) is 32.4 Å². The van der Waals surface area contributed by atoms with Crippen LogP contribution in [0.15, 0.2) is 0 Å². The molecule has 1 aliphatic rings. The Labute approximate surface area is 118 Å². The van der Waals surface area contributed by atoms with Crippen LogP contribution in [-0.4, -0.2) is 40.7 Å². The monoisotopic (exact) mass is 318 g/mol. The number of amides is 2. The minimum Gasteiger partial charge on any atom is -0.352 e. The number of halogens is 1. The predicted octanol–water partition coefficient (Wildman–Crippen LogP) is 1.92. The van der Waals surface area contributed by atoms with Crippen LogP contribution in [0.25, 0.3) is 0 Å². The highest BCUT2D eigenvalue weighted by Gasteiger charge is 2.26. The van der Waals surface area contributed by atoms with E-state index in [4.69, 9.17) is 0 Å². The average molecular weight is 319 g/mol. The van der Waals surface area contributed by atoms with E-state index >= 15 is 0 Å². The molecule has 1 unspecified atom stereocenters. The molecule has 0 saturated carbocycles. The number of carbonyl (C=O) groups excluding carboxylic acids is 2. The second-order valence-corrected chi connectivity index (χ2v) is 6.24. The van der Waals surface area contributed by atoms with Gasteiger partial charge < -0.3 is 10.2 Å². The third kappa shape index (κ3) is 4.26. The van der Waals surface area contributed by atoms with E-state index in [9.17, 15) is 9.59 Å². The fraction of sp³-hybridized carbons (Fsp3) is 0.846. The lowest BCUT2D eigenvalue weighted by Gasteiger charge is -2.33. The van der Waals surface area contributed by atoms with Gasteiger partial charge in [0, 0.05) is 25.0 Å². The van der Waals surface area contributed by atoms with Crippen molar-refractivity contribution in [3.63, 3.8) is 0 Å². The van der Waals surface area contributed by atoms with Crippen molar-refractivity contribution in [1.29, 1.82) is 0 Å². The number of alkyl halides is 1. The molecule has 1 saturated heterocycles. The molecule has 5 heteroatoms. The SMILES string of the molecule is CCC(Br)C(=O)NC1CCN(C(=O)C(C)C)CC1. The normalized spacial score (nSPS) is 18.8. The van der Waals surface area contributed by atoms with E-state index in [2.05, 4.69) is 21.2 Å². The first-order chi connectivity index (χ1) is 8.45. The summed E-state index contributed by atoms with van der Waals surface area (Å²) < 4.78 is 0. The van der Waals surface area contributed by atoms with Gasteiger partial charge in [-0.05, 0) is 19.3 Å². The molecule has 0 radical (unpaired) electrons. The molecule has 18 heavy (non-hydrogen) atoms. The Bertz CT molecular complexity index is 299. The molecule has 1 fully saturated rings. The molecule has 1 aliphatic heterocycles. The topological polar surface area (TPSA) is 49.4 Å². The summed E-state index contributed by atoms with van der Waals surface area (Å²) in [4.78, 5) is 25.3. The van der Waals surface area contributed by atoms with Crippen LogP contribution in [0, 0.1) is 5.92 Å². The van der Waals surface area contributed by atoms with Crippen LogP contribution in [0.5, 0.6) is 0 Å². The van der Waals surface area contributed by atoms with Crippen molar-refractivity contribution < 1.29 is 9.59 Å². The molecular weight excluding hydrogens is 296 g/mol. The van der Waals surface area contributed by atoms with Crippen LogP contribution in [0.4, 0.5) is 0 Å². The van der Waals surface area contributed by atoms with E-state index in [1.165, 1.54) is 0 Å². The van der Waals surface area contributed by atoms with Gasteiger partial charge in [0.2, 0.25) is 11.8 Å². The summed E-state index contributed by atoms with van der Waals surface area (Å²) in [5, 5.41) is 3.03. The first-order valence-electron chi connectivity index (χ1n) is 6.69. The lowest BCUT2D eigenvalue weighted by atomic mass is 10.0. The zero-order valence-electron chi connectivity index (χ0n) is 11.4. The van der Waals surface area contributed by atoms with Gasteiger partial charge >= 0.3 is 0 Å². The van der Waals surface area contributed by atoms with Crippen LogP contribution < -0.4 is 5.32 Å². The third-order valence-electron chi connectivity index (χ3n) is 3.29. The van der Waals surface area contributed by atoms with Crippen LogP contribution in [0.2, 0.25) is 0 Å². The molecule has 0 spiro atoms. The van der Waals surface area contributed by atoms with Gasteiger partial charge in [0.05, 0.1) is 4.83 Å². The molecule has 0 aromatic heterocycles. The minimum atomic E-state index is -0.104. The molecule has 0 aromatic rings. The molecule has 1 rings (SSSR count). The van der Waals surface area contributed by atoms with Crippen molar-refractivity contribution in [3.05, 3.63) is 0 Å². The first kappa shape index (κ1) is 15.5. The van der Waals surface area contributed by atoms with Crippen molar-refractivity contribution in [2.24, 2.45) is 5.92 Å². The highest BCUT2D eigenvalue weighted by atomic mass is 79.9. The fourth-order valence-corrected chi connectivity index (χ4v) is 2.22. The Morgan fingerprint density at radius 2 is 1.89 bits per heavy atom. The van der Waals surface area contributed by atoms with Gasteiger partial charge in [0.1, 0.15) is 0 Å². The fourth-order valence-electron chi connectivity index (χ4n) is 2.09. The Balaban J connectivity index is 2.36. The van der Waals surface area contributed by atoms with Gasteiger partial charge in [0.15, 0.2) is 0 Å². The van der Waals surface area contributed by atoms with Gasteiger partial charge in [-0.25, -0.2) is 0 Å². The molecule has 1 atom stereocenters. The predicted molar refractivity (Wildman–Crippen MR) is 75.6 cm³/mol. The lowest BCUT2D eigenvalue weighted by Crippen LogP contribution is -2.48. The Hall–Kier alpha value is -0.580. The number of hydrogen-bond acceptors (Lipinski definition) is 2. The third-order valence-corrected chi connectivity index (χ3v) is 4.35. The molecule has 2 amide bonds. The summed E-state index contributed by atoms with van der Waals surface area (Å²) in [6.07, 6.45) is 2.50. The smallest absolute Gasteiger partial charge is 0.233 e. The van der Waals surface area contributed by atoms with E-state index < -0.39 is 0 Å². The summed E-state index contributed by atoms with van der Waals surface area (Å²) in [5.41, 5.74) is 0. The van der Waals surface area contributed by atoms with Crippen molar-refractivity contribution in [1.82, 2.24) is 10.2 Å². The number of rotatable bonds is 4. The van der Waals surface area contributed by atoms with Crippen LogP contribution in [0.1, 0.15) is 40.0 Å². The summed E-state index contributed by atoms with van der Waals surface area (Å²) in [5.74, 6) is 0.334. The van der Waals surface area contributed by atoms with Crippen molar-refractivity contribution >= 4 is 27.7 Å². The van der Waals surface area contributed by atoms with Crippen molar-refractivity contribution in [2.75, 3.05) is 13.1 Å². The maximum atomic E-state index is 11.8. The van der Waals surface area contributed by atoms with Gasteiger partial charge in [-0.3, -0.25) is 9.59 Å². The largest absolute Gasteiger partial charge is 0.352 e.